The Morgan fingerprint density at radius 3 is 2.19 bits per heavy atom. The maximum atomic E-state index is 12.9. The van der Waals surface area contributed by atoms with Gasteiger partial charge in [0.15, 0.2) is 5.78 Å². The Labute approximate surface area is 216 Å². The largest absolute Gasteiger partial charge is 0.494 e. The van der Waals surface area contributed by atoms with Gasteiger partial charge in [-0.1, -0.05) is 18.6 Å². The molecule has 1 aliphatic rings. The van der Waals surface area contributed by atoms with Crippen LogP contribution in [0.25, 0.3) is 0 Å². The molecule has 0 aromatic heterocycles. The average molecular weight is 517 g/mol. The van der Waals surface area contributed by atoms with Crippen molar-refractivity contribution in [2.24, 2.45) is 4.99 Å². The molecular weight excluding hydrogens is 481 g/mol. The van der Waals surface area contributed by atoms with Gasteiger partial charge >= 0.3 is 6.18 Å². The number of ketones is 1. The first-order chi connectivity index (χ1) is 17.7. The molecule has 2 aromatic rings. The van der Waals surface area contributed by atoms with Crippen LogP contribution >= 0.6 is 0 Å². The molecule has 2 aromatic carbocycles. The SMILES string of the molecule is CCOc1ccc(C(=O)CCCCCC(=O)N=C(Cc2ccc(C(F)(F)F)cc2)CN2CCCC2)cc1. The Morgan fingerprint density at radius 2 is 1.57 bits per heavy atom. The van der Waals surface area contributed by atoms with Crippen molar-refractivity contribution in [2.75, 3.05) is 26.2 Å². The third-order valence-electron chi connectivity index (χ3n) is 6.36. The van der Waals surface area contributed by atoms with Gasteiger partial charge in [-0.05, 0) is 87.7 Å². The lowest BCUT2D eigenvalue weighted by molar-refractivity contribution is -0.137. The summed E-state index contributed by atoms with van der Waals surface area (Å²) in [5.74, 6) is 0.580. The lowest BCUT2D eigenvalue weighted by Gasteiger charge is -2.16. The van der Waals surface area contributed by atoms with Crippen LogP contribution in [0, 0.1) is 0 Å². The number of aliphatic imine (C=N–C) groups is 1. The molecule has 0 unspecified atom stereocenters. The molecule has 1 fully saturated rings. The van der Waals surface area contributed by atoms with E-state index < -0.39 is 11.7 Å². The van der Waals surface area contributed by atoms with Gasteiger partial charge in [0.2, 0.25) is 5.91 Å². The molecule has 0 spiro atoms. The number of hydrogen-bond acceptors (Lipinski definition) is 4. The number of Topliss-reactive ketones (excluding diaryl/α,β-unsaturated/α-hetero) is 1. The van der Waals surface area contributed by atoms with E-state index in [1.54, 1.807) is 24.3 Å². The second-order valence-corrected chi connectivity index (χ2v) is 9.37. The number of likely N-dealkylation sites (tertiary alicyclic amines) is 1. The maximum Gasteiger partial charge on any atom is 0.416 e. The highest BCUT2D eigenvalue weighted by Crippen LogP contribution is 2.29. The minimum Gasteiger partial charge on any atom is -0.494 e. The van der Waals surface area contributed by atoms with Crippen LogP contribution in [-0.2, 0) is 17.4 Å². The van der Waals surface area contributed by atoms with Gasteiger partial charge in [0, 0.05) is 37.1 Å². The smallest absolute Gasteiger partial charge is 0.416 e. The summed E-state index contributed by atoms with van der Waals surface area (Å²) in [5, 5.41) is 0. The van der Waals surface area contributed by atoms with Crippen LogP contribution < -0.4 is 4.74 Å². The van der Waals surface area contributed by atoms with Gasteiger partial charge in [0.25, 0.3) is 0 Å². The third-order valence-corrected chi connectivity index (χ3v) is 6.36. The van der Waals surface area contributed by atoms with Crippen molar-refractivity contribution < 1.29 is 27.5 Å². The van der Waals surface area contributed by atoms with Crippen molar-refractivity contribution in [1.29, 1.82) is 0 Å². The first-order valence-electron chi connectivity index (χ1n) is 13.0. The molecule has 0 radical (unpaired) electrons. The van der Waals surface area contributed by atoms with E-state index in [0.717, 1.165) is 50.2 Å². The Kier molecular flexibility index (Phi) is 10.9. The molecule has 0 N–H and O–H groups in total. The molecule has 3 rings (SSSR count). The van der Waals surface area contributed by atoms with Gasteiger partial charge in [0.05, 0.1) is 12.2 Å². The Bertz CT molecular complexity index is 1040. The molecule has 0 atom stereocenters. The van der Waals surface area contributed by atoms with Gasteiger partial charge in [-0.3, -0.25) is 14.5 Å². The Hall–Kier alpha value is -3.00. The Balaban J connectivity index is 1.48. The van der Waals surface area contributed by atoms with E-state index in [-0.39, 0.29) is 18.1 Å². The minimum absolute atomic E-state index is 0.0665. The molecule has 8 heteroatoms. The second-order valence-electron chi connectivity index (χ2n) is 9.37. The van der Waals surface area contributed by atoms with Gasteiger partial charge in [-0.15, -0.1) is 0 Å². The van der Waals surface area contributed by atoms with E-state index in [1.807, 2.05) is 6.92 Å². The quantitative estimate of drug-likeness (QED) is 0.172. The summed E-state index contributed by atoms with van der Waals surface area (Å²) in [6, 6.07) is 12.2. The summed E-state index contributed by atoms with van der Waals surface area (Å²) in [5.41, 5.74) is 1.34. The standard InChI is InChI=1S/C29H35F3N2O3/c1-2-37-26-16-12-23(13-17-26)27(35)8-4-3-5-9-28(36)33-25(21-34-18-6-7-19-34)20-22-10-14-24(15-11-22)29(30,31)32/h10-17H,2-9,18-21H2,1H3. The molecule has 200 valence electrons. The van der Waals surface area contributed by atoms with Crippen molar-refractivity contribution in [2.45, 2.75) is 64.5 Å². The molecule has 37 heavy (non-hydrogen) atoms. The van der Waals surface area contributed by atoms with Crippen molar-refractivity contribution in [3.05, 3.63) is 65.2 Å². The van der Waals surface area contributed by atoms with E-state index in [4.69, 9.17) is 4.74 Å². The summed E-state index contributed by atoms with van der Waals surface area (Å²) in [7, 11) is 0. The lowest BCUT2D eigenvalue weighted by atomic mass is 10.0. The van der Waals surface area contributed by atoms with E-state index in [0.29, 0.717) is 55.7 Å². The molecule has 0 aliphatic carbocycles. The molecule has 1 saturated heterocycles. The normalized spacial score (nSPS) is 14.6. The van der Waals surface area contributed by atoms with Crippen LogP contribution in [0.1, 0.15) is 73.4 Å². The number of rotatable bonds is 13. The Morgan fingerprint density at radius 1 is 0.919 bits per heavy atom. The molecule has 0 bridgehead atoms. The van der Waals surface area contributed by atoms with Gasteiger partial charge < -0.3 is 4.74 Å². The van der Waals surface area contributed by atoms with Gasteiger partial charge in [-0.25, -0.2) is 4.99 Å². The van der Waals surface area contributed by atoms with E-state index in [1.165, 1.54) is 12.1 Å². The number of benzene rings is 2. The average Bonchev–Trinajstić information content (AvgIpc) is 3.37. The molecular formula is C29H35F3N2O3. The first kappa shape index (κ1) is 28.6. The van der Waals surface area contributed by atoms with Gasteiger partial charge in [0.1, 0.15) is 5.75 Å². The van der Waals surface area contributed by atoms with Crippen LogP contribution in [0.4, 0.5) is 13.2 Å². The summed E-state index contributed by atoms with van der Waals surface area (Å²) in [6.07, 6.45) is 0.924. The molecule has 1 amide bonds. The zero-order chi connectivity index (χ0) is 26.7. The van der Waals surface area contributed by atoms with Crippen molar-refractivity contribution in [3.8, 4) is 5.75 Å². The maximum absolute atomic E-state index is 12.9. The fraction of sp³-hybridized carbons (Fsp3) is 0.483. The highest BCUT2D eigenvalue weighted by Gasteiger charge is 2.30. The number of hydrogen-bond donors (Lipinski definition) is 0. The molecule has 0 saturated carbocycles. The number of carbonyl (C=O) groups is 2. The number of halogens is 3. The van der Waals surface area contributed by atoms with E-state index in [9.17, 15) is 22.8 Å². The number of alkyl halides is 3. The number of carbonyl (C=O) groups excluding carboxylic acids is 2. The topological polar surface area (TPSA) is 59.0 Å². The lowest BCUT2D eigenvalue weighted by Crippen LogP contribution is -2.28. The fourth-order valence-electron chi connectivity index (χ4n) is 4.40. The number of unbranched alkanes of at least 4 members (excludes halogenated alkanes) is 2. The highest BCUT2D eigenvalue weighted by atomic mass is 19.4. The van der Waals surface area contributed by atoms with E-state index >= 15 is 0 Å². The van der Waals surface area contributed by atoms with Gasteiger partial charge in [-0.2, -0.15) is 13.2 Å². The van der Waals surface area contributed by atoms with Crippen molar-refractivity contribution in [1.82, 2.24) is 4.90 Å². The van der Waals surface area contributed by atoms with E-state index in [2.05, 4.69) is 9.89 Å². The molecule has 5 nitrogen and oxygen atoms in total. The van der Waals surface area contributed by atoms with Crippen LogP contribution in [0.5, 0.6) is 5.75 Å². The van der Waals surface area contributed by atoms with Crippen LogP contribution in [0.3, 0.4) is 0 Å². The van der Waals surface area contributed by atoms with Crippen molar-refractivity contribution >= 4 is 17.4 Å². The minimum atomic E-state index is -4.38. The predicted molar refractivity (Wildman–Crippen MR) is 138 cm³/mol. The monoisotopic (exact) mass is 516 g/mol. The third kappa shape index (κ3) is 9.76. The summed E-state index contributed by atoms with van der Waals surface area (Å²) >= 11 is 0. The van der Waals surface area contributed by atoms with Crippen LogP contribution in [0.15, 0.2) is 53.5 Å². The summed E-state index contributed by atoms with van der Waals surface area (Å²) in [6.45, 7) is 4.89. The zero-order valence-corrected chi connectivity index (χ0v) is 21.4. The highest BCUT2D eigenvalue weighted by molar-refractivity contribution is 5.98. The summed E-state index contributed by atoms with van der Waals surface area (Å²) in [4.78, 5) is 31.5. The number of amides is 1. The van der Waals surface area contributed by atoms with Crippen LogP contribution in [-0.4, -0.2) is 48.5 Å². The number of ether oxygens (including phenoxy) is 1. The zero-order valence-electron chi connectivity index (χ0n) is 21.4. The first-order valence-corrected chi connectivity index (χ1v) is 13.0. The second kappa shape index (κ2) is 14.1. The predicted octanol–water partition coefficient (Wildman–Crippen LogP) is 6.54. The van der Waals surface area contributed by atoms with Crippen molar-refractivity contribution in [3.63, 3.8) is 0 Å². The molecule has 1 heterocycles. The molecule has 1 aliphatic heterocycles. The fourth-order valence-corrected chi connectivity index (χ4v) is 4.40. The van der Waals surface area contributed by atoms with Crippen LogP contribution in [0.2, 0.25) is 0 Å². The summed E-state index contributed by atoms with van der Waals surface area (Å²) < 4.78 is 44.0. The number of nitrogens with zero attached hydrogens (tertiary/aromatic N) is 2.